The van der Waals surface area contributed by atoms with Gasteiger partial charge in [-0.3, -0.25) is 4.79 Å². The summed E-state index contributed by atoms with van der Waals surface area (Å²) in [6.45, 7) is 4.37. The van der Waals surface area contributed by atoms with E-state index in [1.54, 1.807) is 26.0 Å². The summed E-state index contributed by atoms with van der Waals surface area (Å²) in [5, 5.41) is 2.74. The summed E-state index contributed by atoms with van der Waals surface area (Å²) in [7, 11) is -3.61. The number of piperidine rings is 1. The highest BCUT2D eigenvalue weighted by Crippen LogP contribution is 2.28. The molecule has 6 nitrogen and oxygen atoms in total. The maximum atomic E-state index is 13.2. The molecule has 1 fully saturated rings. The predicted octanol–water partition coefficient (Wildman–Crippen LogP) is 4.48. The van der Waals surface area contributed by atoms with Crippen molar-refractivity contribution >= 4 is 37.5 Å². The van der Waals surface area contributed by atoms with E-state index in [4.69, 9.17) is 4.74 Å². The van der Waals surface area contributed by atoms with E-state index in [9.17, 15) is 17.6 Å². The molecule has 0 bridgehead atoms. The number of rotatable bonds is 6. The lowest BCUT2D eigenvalue weighted by atomic mass is 10.2. The summed E-state index contributed by atoms with van der Waals surface area (Å²) in [5.41, 5.74) is 1.14. The van der Waals surface area contributed by atoms with Crippen molar-refractivity contribution in [3.63, 3.8) is 0 Å². The number of nitrogens with one attached hydrogen (secondary N) is 1. The zero-order chi connectivity index (χ0) is 21.9. The Labute approximate surface area is 184 Å². The van der Waals surface area contributed by atoms with E-state index in [-0.39, 0.29) is 4.90 Å². The highest BCUT2D eigenvalue weighted by atomic mass is 79.9. The molecule has 1 aliphatic heterocycles. The highest BCUT2D eigenvalue weighted by molar-refractivity contribution is 9.10. The van der Waals surface area contributed by atoms with Gasteiger partial charge in [0, 0.05) is 18.8 Å². The minimum absolute atomic E-state index is 0.153. The molecule has 0 aromatic heterocycles. The molecular formula is C21H24BrFN2O4S. The van der Waals surface area contributed by atoms with Crippen molar-refractivity contribution in [3.05, 3.63) is 52.3 Å². The van der Waals surface area contributed by atoms with Crippen LogP contribution in [0.25, 0.3) is 0 Å². The lowest BCUT2D eigenvalue weighted by molar-refractivity contribution is -0.122. The zero-order valence-electron chi connectivity index (χ0n) is 16.8. The number of carbonyl (C=O) groups excluding carboxylic acids is 1. The molecule has 1 heterocycles. The molecule has 162 valence electrons. The standard InChI is InChI=1S/C21H24BrFN2O4S/c1-14-6-8-17(30(27,28)25-10-4-3-5-11-25)13-19(14)24-21(26)15(2)29-20-9-7-16(23)12-18(20)22/h6-9,12-13,15H,3-5,10-11H2,1-2H3,(H,24,26). The number of sulfonamides is 1. The Hall–Kier alpha value is -1.97. The average Bonchev–Trinajstić information content (AvgIpc) is 2.72. The molecule has 0 spiro atoms. The summed E-state index contributed by atoms with van der Waals surface area (Å²) >= 11 is 3.20. The number of hydrogen-bond acceptors (Lipinski definition) is 4. The van der Waals surface area contributed by atoms with E-state index in [0.717, 1.165) is 24.8 Å². The first kappa shape index (κ1) is 22.7. The summed E-state index contributed by atoms with van der Waals surface area (Å²) in [4.78, 5) is 12.8. The summed E-state index contributed by atoms with van der Waals surface area (Å²) in [5.74, 6) is -0.535. The van der Waals surface area contributed by atoms with Gasteiger partial charge < -0.3 is 10.1 Å². The Morgan fingerprint density at radius 2 is 1.87 bits per heavy atom. The number of carbonyl (C=O) groups is 1. The van der Waals surface area contributed by atoms with Crippen molar-refractivity contribution < 1.29 is 22.3 Å². The molecule has 30 heavy (non-hydrogen) atoms. The molecular weight excluding hydrogens is 475 g/mol. The van der Waals surface area contributed by atoms with Gasteiger partial charge in [-0.2, -0.15) is 4.31 Å². The van der Waals surface area contributed by atoms with Crippen molar-refractivity contribution in [2.24, 2.45) is 0 Å². The summed E-state index contributed by atoms with van der Waals surface area (Å²) in [6, 6.07) is 8.64. The van der Waals surface area contributed by atoms with Crippen molar-refractivity contribution in [2.45, 2.75) is 44.1 Å². The second kappa shape index (κ2) is 9.45. The number of halogens is 2. The lowest BCUT2D eigenvalue weighted by Crippen LogP contribution is -2.35. The van der Waals surface area contributed by atoms with Gasteiger partial charge in [0.1, 0.15) is 11.6 Å². The maximum absolute atomic E-state index is 13.2. The normalized spacial score (nSPS) is 16.1. The van der Waals surface area contributed by atoms with E-state index in [2.05, 4.69) is 21.2 Å². The average molecular weight is 499 g/mol. The van der Waals surface area contributed by atoms with E-state index in [0.29, 0.717) is 29.0 Å². The molecule has 0 aliphatic carbocycles. The third-order valence-electron chi connectivity index (χ3n) is 4.99. The Bertz CT molecular complexity index is 1040. The molecule has 1 N–H and O–H groups in total. The van der Waals surface area contributed by atoms with Crippen LogP contribution in [0, 0.1) is 12.7 Å². The van der Waals surface area contributed by atoms with Crippen LogP contribution in [0.5, 0.6) is 5.75 Å². The van der Waals surface area contributed by atoms with Crippen LogP contribution in [-0.2, 0) is 14.8 Å². The fourth-order valence-electron chi connectivity index (χ4n) is 3.20. The van der Waals surface area contributed by atoms with Crippen molar-refractivity contribution in [2.75, 3.05) is 18.4 Å². The van der Waals surface area contributed by atoms with E-state index >= 15 is 0 Å². The second-order valence-corrected chi connectivity index (χ2v) is 10.1. The summed E-state index contributed by atoms with van der Waals surface area (Å²) < 4.78 is 46.6. The molecule has 0 saturated carbocycles. The highest BCUT2D eigenvalue weighted by Gasteiger charge is 2.27. The van der Waals surface area contributed by atoms with E-state index in [1.807, 2.05) is 0 Å². The van der Waals surface area contributed by atoms with Gasteiger partial charge in [-0.05, 0) is 78.5 Å². The predicted molar refractivity (Wildman–Crippen MR) is 117 cm³/mol. The van der Waals surface area contributed by atoms with Crippen LogP contribution in [-0.4, -0.2) is 37.8 Å². The molecule has 0 radical (unpaired) electrons. The Balaban J connectivity index is 1.75. The Morgan fingerprint density at radius 3 is 2.53 bits per heavy atom. The molecule has 1 amide bonds. The number of nitrogens with zero attached hydrogens (tertiary/aromatic N) is 1. The Morgan fingerprint density at radius 1 is 1.17 bits per heavy atom. The van der Waals surface area contributed by atoms with Gasteiger partial charge in [0.15, 0.2) is 6.10 Å². The fourth-order valence-corrected chi connectivity index (χ4v) is 5.19. The third kappa shape index (κ3) is 5.19. The maximum Gasteiger partial charge on any atom is 0.265 e. The molecule has 2 aromatic carbocycles. The van der Waals surface area contributed by atoms with Crippen LogP contribution < -0.4 is 10.1 Å². The van der Waals surface area contributed by atoms with Crippen LogP contribution in [0.4, 0.5) is 10.1 Å². The fraction of sp³-hybridized carbons (Fsp3) is 0.381. The van der Waals surface area contributed by atoms with Gasteiger partial charge in [-0.25, -0.2) is 12.8 Å². The monoisotopic (exact) mass is 498 g/mol. The van der Waals surface area contributed by atoms with Crippen LogP contribution in [0.1, 0.15) is 31.7 Å². The van der Waals surface area contributed by atoms with Gasteiger partial charge >= 0.3 is 0 Å². The Kier molecular flexibility index (Phi) is 7.15. The first-order valence-electron chi connectivity index (χ1n) is 9.72. The number of aryl methyl sites for hydroxylation is 1. The van der Waals surface area contributed by atoms with E-state index < -0.39 is 27.9 Å². The number of benzene rings is 2. The van der Waals surface area contributed by atoms with Gasteiger partial charge in [0.2, 0.25) is 10.0 Å². The van der Waals surface area contributed by atoms with Gasteiger partial charge in [0.25, 0.3) is 5.91 Å². The molecule has 1 atom stereocenters. The zero-order valence-corrected chi connectivity index (χ0v) is 19.2. The van der Waals surface area contributed by atoms with Gasteiger partial charge in [-0.15, -0.1) is 0 Å². The number of amides is 1. The number of ether oxygens (including phenoxy) is 1. The largest absolute Gasteiger partial charge is 0.480 e. The first-order valence-corrected chi connectivity index (χ1v) is 11.9. The van der Waals surface area contributed by atoms with Crippen LogP contribution in [0.15, 0.2) is 45.8 Å². The molecule has 1 saturated heterocycles. The minimum Gasteiger partial charge on any atom is -0.480 e. The van der Waals surface area contributed by atoms with Gasteiger partial charge in [-0.1, -0.05) is 12.5 Å². The number of anilines is 1. The first-order chi connectivity index (χ1) is 14.2. The SMILES string of the molecule is Cc1ccc(S(=O)(=O)N2CCCCC2)cc1NC(=O)C(C)Oc1ccc(F)cc1Br. The smallest absolute Gasteiger partial charge is 0.265 e. The van der Waals surface area contributed by atoms with Crippen molar-refractivity contribution in [3.8, 4) is 5.75 Å². The third-order valence-corrected chi connectivity index (χ3v) is 7.50. The lowest BCUT2D eigenvalue weighted by Gasteiger charge is -2.26. The van der Waals surface area contributed by atoms with Gasteiger partial charge in [0.05, 0.1) is 9.37 Å². The minimum atomic E-state index is -3.61. The quantitative estimate of drug-likeness (QED) is 0.636. The summed E-state index contributed by atoms with van der Waals surface area (Å²) in [6.07, 6.45) is 1.85. The molecule has 2 aromatic rings. The molecule has 1 unspecified atom stereocenters. The van der Waals surface area contributed by atoms with Crippen LogP contribution in [0.3, 0.4) is 0 Å². The number of hydrogen-bond donors (Lipinski definition) is 1. The second-order valence-electron chi connectivity index (χ2n) is 7.27. The van der Waals surface area contributed by atoms with Crippen molar-refractivity contribution in [1.29, 1.82) is 0 Å². The van der Waals surface area contributed by atoms with Crippen LogP contribution >= 0.6 is 15.9 Å². The topological polar surface area (TPSA) is 75.7 Å². The van der Waals surface area contributed by atoms with Crippen molar-refractivity contribution in [1.82, 2.24) is 4.31 Å². The van der Waals surface area contributed by atoms with Crippen LogP contribution in [0.2, 0.25) is 0 Å². The molecule has 9 heteroatoms. The van der Waals surface area contributed by atoms with E-state index in [1.165, 1.54) is 28.6 Å². The molecule has 3 rings (SSSR count). The molecule has 1 aliphatic rings.